The maximum Gasteiger partial charge on any atom is 0.160 e. The lowest BCUT2D eigenvalue weighted by Crippen LogP contribution is -1.94. The Morgan fingerprint density at radius 2 is 1.50 bits per heavy atom. The number of hydrogen-bond acceptors (Lipinski definition) is 3. The molecule has 0 bridgehead atoms. The molecule has 0 amide bonds. The molecule has 0 atom stereocenters. The number of aryl methyl sites for hydroxylation is 2. The standard InChI is InChI=1S/C9H9ClO.C8H6ClN.C4H10O/c1-6-3-4-8(10)5-9(6)7(2)11;1-6-2-3-8(9)4-7(6)5-10;1-3-5-4-2/h3-5H,1-2H3;2-4H,1H3;3-4H2,1-2H3. The molecule has 3 nitrogen and oxygen atoms in total. The number of halogens is 2. The third kappa shape index (κ3) is 9.58. The van der Waals surface area contributed by atoms with Gasteiger partial charge in [0.15, 0.2) is 5.78 Å². The fraction of sp³-hybridized carbons (Fsp3) is 0.333. The van der Waals surface area contributed by atoms with E-state index in [9.17, 15) is 4.79 Å². The lowest BCUT2D eigenvalue weighted by Gasteiger charge is -2.00. The molecule has 0 fully saturated rings. The molecule has 0 aromatic heterocycles. The second-order valence-corrected chi connectivity index (χ2v) is 6.24. The Bertz CT molecular complexity index is 750. The van der Waals surface area contributed by atoms with Crippen molar-refractivity contribution in [2.24, 2.45) is 0 Å². The van der Waals surface area contributed by atoms with E-state index in [2.05, 4.69) is 6.07 Å². The third-order valence-electron chi connectivity index (χ3n) is 3.31. The van der Waals surface area contributed by atoms with E-state index in [1.54, 1.807) is 31.2 Å². The molecule has 0 aliphatic carbocycles. The zero-order valence-electron chi connectivity index (χ0n) is 15.9. The molecule has 0 heterocycles. The first-order valence-corrected chi connectivity index (χ1v) is 9.03. The van der Waals surface area contributed by atoms with Crippen LogP contribution in [-0.2, 0) is 4.74 Å². The summed E-state index contributed by atoms with van der Waals surface area (Å²) in [6.07, 6.45) is 0. The number of ether oxygens (including phenoxy) is 1. The maximum absolute atomic E-state index is 11.0. The van der Waals surface area contributed by atoms with Crippen molar-refractivity contribution < 1.29 is 9.53 Å². The van der Waals surface area contributed by atoms with Crippen LogP contribution in [0.2, 0.25) is 10.0 Å². The van der Waals surface area contributed by atoms with E-state index in [1.807, 2.05) is 39.8 Å². The predicted octanol–water partition coefficient (Wildman–Crippen LogP) is 6.41. The Labute approximate surface area is 166 Å². The highest BCUT2D eigenvalue weighted by Gasteiger charge is 2.02. The number of rotatable bonds is 3. The summed E-state index contributed by atoms with van der Waals surface area (Å²) in [5.74, 6) is 0.0602. The summed E-state index contributed by atoms with van der Waals surface area (Å²) in [5.41, 5.74) is 3.29. The average molecular weight is 394 g/mol. The number of nitriles is 1. The van der Waals surface area contributed by atoms with Crippen LogP contribution in [0.1, 0.15) is 47.8 Å². The van der Waals surface area contributed by atoms with Crippen molar-refractivity contribution in [3.8, 4) is 6.07 Å². The largest absolute Gasteiger partial charge is 0.382 e. The fourth-order valence-corrected chi connectivity index (χ4v) is 2.24. The lowest BCUT2D eigenvalue weighted by molar-refractivity contribution is 0.101. The molecular formula is C21H25Cl2NO2. The minimum Gasteiger partial charge on any atom is -0.382 e. The molecule has 2 aromatic rings. The van der Waals surface area contributed by atoms with Gasteiger partial charge in [-0.2, -0.15) is 5.26 Å². The third-order valence-corrected chi connectivity index (χ3v) is 3.78. The first-order chi connectivity index (χ1) is 12.3. The van der Waals surface area contributed by atoms with E-state index in [0.717, 1.165) is 24.3 Å². The minimum atomic E-state index is 0.0602. The van der Waals surface area contributed by atoms with Crippen LogP contribution >= 0.6 is 23.2 Å². The summed E-state index contributed by atoms with van der Waals surface area (Å²) in [5, 5.41) is 9.76. The van der Waals surface area contributed by atoms with Crippen molar-refractivity contribution >= 4 is 29.0 Å². The van der Waals surface area contributed by atoms with Crippen molar-refractivity contribution in [2.45, 2.75) is 34.6 Å². The molecule has 0 N–H and O–H groups in total. The summed E-state index contributed by atoms with van der Waals surface area (Å²) in [4.78, 5) is 11.0. The minimum absolute atomic E-state index is 0.0602. The molecule has 5 heteroatoms. The van der Waals surface area contributed by atoms with Crippen LogP contribution in [-0.4, -0.2) is 19.0 Å². The van der Waals surface area contributed by atoms with E-state index in [0.29, 0.717) is 21.2 Å². The van der Waals surface area contributed by atoms with Gasteiger partial charge in [-0.25, -0.2) is 0 Å². The van der Waals surface area contributed by atoms with Crippen LogP contribution in [0.5, 0.6) is 0 Å². The summed E-state index contributed by atoms with van der Waals surface area (Å²) in [6, 6.07) is 12.6. The van der Waals surface area contributed by atoms with E-state index in [1.165, 1.54) is 0 Å². The van der Waals surface area contributed by atoms with Crippen LogP contribution in [0, 0.1) is 25.2 Å². The molecule has 0 unspecified atom stereocenters. The molecule has 0 saturated heterocycles. The molecule has 0 radical (unpaired) electrons. The van der Waals surface area contributed by atoms with Gasteiger partial charge in [0.2, 0.25) is 0 Å². The fourth-order valence-electron chi connectivity index (χ4n) is 1.89. The van der Waals surface area contributed by atoms with Crippen molar-refractivity contribution in [1.82, 2.24) is 0 Å². The van der Waals surface area contributed by atoms with Gasteiger partial charge in [0, 0.05) is 28.8 Å². The molecule has 2 rings (SSSR count). The normalized spacial score (nSPS) is 9.15. The summed E-state index contributed by atoms with van der Waals surface area (Å²) in [7, 11) is 0. The monoisotopic (exact) mass is 393 g/mol. The molecule has 0 saturated carbocycles. The number of Topliss-reactive ketones (excluding diaryl/α,β-unsaturated/α-hetero) is 1. The highest BCUT2D eigenvalue weighted by molar-refractivity contribution is 6.31. The van der Waals surface area contributed by atoms with Gasteiger partial charge < -0.3 is 4.74 Å². The van der Waals surface area contributed by atoms with Gasteiger partial charge >= 0.3 is 0 Å². The summed E-state index contributed by atoms with van der Waals surface area (Å²) < 4.78 is 4.83. The highest BCUT2D eigenvalue weighted by Crippen LogP contribution is 2.15. The highest BCUT2D eigenvalue weighted by atomic mass is 35.5. The maximum atomic E-state index is 11.0. The molecular weight excluding hydrogens is 369 g/mol. The summed E-state index contributed by atoms with van der Waals surface area (Å²) in [6.45, 7) is 11.0. The number of ketones is 1. The first-order valence-electron chi connectivity index (χ1n) is 8.27. The van der Waals surface area contributed by atoms with Crippen molar-refractivity contribution in [1.29, 1.82) is 5.26 Å². The lowest BCUT2D eigenvalue weighted by atomic mass is 10.1. The van der Waals surface area contributed by atoms with Crippen molar-refractivity contribution in [3.63, 3.8) is 0 Å². The van der Waals surface area contributed by atoms with Gasteiger partial charge in [0.1, 0.15) is 0 Å². The quantitative estimate of drug-likeness (QED) is 0.565. The van der Waals surface area contributed by atoms with Crippen LogP contribution in [0.15, 0.2) is 36.4 Å². The summed E-state index contributed by atoms with van der Waals surface area (Å²) >= 11 is 11.4. The van der Waals surface area contributed by atoms with Gasteiger partial charge in [-0.3, -0.25) is 4.79 Å². The smallest absolute Gasteiger partial charge is 0.160 e. The van der Waals surface area contributed by atoms with Crippen LogP contribution in [0.4, 0.5) is 0 Å². The molecule has 0 spiro atoms. The van der Waals surface area contributed by atoms with Gasteiger partial charge in [0.25, 0.3) is 0 Å². The van der Waals surface area contributed by atoms with Crippen LogP contribution in [0.25, 0.3) is 0 Å². The van der Waals surface area contributed by atoms with Crippen molar-refractivity contribution in [2.75, 3.05) is 13.2 Å². The van der Waals surface area contributed by atoms with E-state index in [-0.39, 0.29) is 5.78 Å². The molecule has 26 heavy (non-hydrogen) atoms. The Balaban J connectivity index is 0.000000387. The molecule has 0 aliphatic heterocycles. The number of benzene rings is 2. The van der Waals surface area contributed by atoms with E-state index < -0.39 is 0 Å². The van der Waals surface area contributed by atoms with Gasteiger partial charge in [-0.15, -0.1) is 0 Å². The topological polar surface area (TPSA) is 50.1 Å². The Kier molecular flexibility index (Phi) is 12.4. The zero-order chi connectivity index (χ0) is 20.1. The molecule has 140 valence electrons. The van der Waals surface area contributed by atoms with Crippen LogP contribution < -0.4 is 0 Å². The number of hydrogen-bond donors (Lipinski definition) is 0. The Morgan fingerprint density at radius 3 is 1.85 bits per heavy atom. The van der Waals surface area contributed by atoms with Gasteiger partial charge in [-0.1, -0.05) is 35.3 Å². The number of carbonyl (C=O) groups is 1. The SMILES string of the molecule is CC(=O)c1cc(Cl)ccc1C.CCOCC.Cc1ccc(Cl)cc1C#N. The van der Waals surface area contributed by atoms with E-state index in [4.69, 9.17) is 33.2 Å². The van der Waals surface area contributed by atoms with Crippen LogP contribution in [0.3, 0.4) is 0 Å². The van der Waals surface area contributed by atoms with Gasteiger partial charge in [0.05, 0.1) is 11.6 Å². The number of carbonyl (C=O) groups excluding carboxylic acids is 1. The Hall–Kier alpha value is -1.86. The second-order valence-electron chi connectivity index (χ2n) is 5.37. The first kappa shape index (κ1) is 24.1. The van der Waals surface area contributed by atoms with Gasteiger partial charge in [-0.05, 0) is 70.0 Å². The second kappa shape index (κ2) is 13.4. The van der Waals surface area contributed by atoms with E-state index >= 15 is 0 Å². The average Bonchev–Trinajstić information content (AvgIpc) is 2.61. The van der Waals surface area contributed by atoms with Crippen molar-refractivity contribution in [3.05, 3.63) is 68.7 Å². The number of nitrogens with zero attached hydrogens (tertiary/aromatic N) is 1. The molecule has 2 aromatic carbocycles. The predicted molar refractivity (Wildman–Crippen MR) is 109 cm³/mol. The Morgan fingerprint density at radius 1 is 1.00 bits per heavy atom. The molecule has 0 aliphatic rings. The zero-order valence-corrected chi connectivity index (χ0v) is 17.4.